The van der Waals surface area contributed by atoms with Crippen molar-refractivity contribution >= 4 is 17.2 Å². The molecule has 0 N–H and O–H groups in total. The van der Waals surface area contributed by atoms with Gasteiger partial charge < -0.3 is 0 Å². The third-order valence-corrected chi connectivity index (χ3v) is 3.17. The fourth-order valence-corrected chi connectivity index (χ4v) is 2.09. The maximum absolute atomic E-state index is 12.5. The summed E-state index contributed by atoms with van der Waals surface area (Å²) in [7, 11) is 0. The van der Waals surface area contributed by atoms with Crippen LogP contribution in [0.25, 0.3) is 9.69 Å². The van der Waals surface area contributed by atoms with Crippen LogP contribution < -0.4 is 0 Å². The van der Waals surface area contributed by atoms with Crippen LogP contribution in [0.5, 0.6) is 0 Å². The van der Waals surface area contributed by atoms with Gasteiger partial charge in [0, 0.05) is 11.1 Å². The van der Waals surface area contributed by atoms with Crippen LogP contribution in [0.15, 0.2) is 36.4 Å². The second-order valence-corrected chi connectivity index (χ2v) is 4.55. The normalized spacial score (nSPS) is 9.60. The minimum absolute atomic E-state index is 0.0759. The number of carbonyl (C=O) groups is 1. The van der Waals surface area contributed by atoms with E-state index < -0.39 is 0 Å². The zero-order chi connectivity index (χ0) is 14.7. The number of benzene rings is 2. The Bertz CT molecular complexity index is 711. The highest BCUT2D eigenvalue weighted by Crippen LogP contribution is 2.24. The molecule has 0 spiro atoms. The summed E-state index contributed by atoms with van der Waals surface area (Å²) in [5, 5.41) is 0. The van der Waals surface area contributed by atoms with Crippen molar-refractivity contribution in [1.29, 1.82) is 0 Å². The first-order valence-electron chi connectivity index (χ1n) is 6.07. The van der Waals surface area contributed by atoms with Gasteiger partial charge in [-0.25, -0.2) is 9.69 Å². The molecule has 0 heterocycles. The quantitative estimate of drug-likeness (QED) is 0.570. The molecule has 3 nitrogen and oxygen atoms in total. The number of rotatable bonds is 2. The third kappa shape index (κ3) is 2.43. The minimum atomic E-state index is -0.0759. The molecule has 2 aromatic carbocycles. The zero-order valence-corrected chi connectivity index (χ0v) is 11.3. The van der Waals surface area contributed by atoms with Crippen molar-refractivity contribution < 1.29 is 4.79 Å². The van der Waals surface area contributed by atoms with Crippen LogP contribution in [-0.2, 0) is 0 Å². The molecule has 0 aliphatic rings. The molecule has 0 aromatic heterocycles. The molecule has 0 unspecified atom stereocenters. The summed E-state index contributed by atoms with van der Waals surface area (Å²) in [5.74, 6) is -0.0759. The molecule has 0 amide bonds. The van der Waals surface area contributed by atoms with Gasteiger partial charge in [0.25, 0.3) is 0 Å². The Morgan fingerprint density at radius 1 is 0.850 bits per heavy atom. The van der Waals surface area contributed by atoms with Crippen LogP contribution in [-0.4, -0.2) is 5.78 Å². The monoisotopic (exact) mass is 260 g/mol. The van der Waals surface area contributed by atoms with E-state index >= 15 is 0 Å². The van der Waals surface area contributed by atoms with Crippen molar-refractivity contribution in [3.05, 3.63) is 81.5 Å². The van der Waals surface area contributed by atoms with Crippen molar-refractivity contribution in [3.63, 3.8) is 0 Å². The van der Waals surface area contributed by atoms with E-state index in [1.54, 1.807) is 36.4 Å². The van der Waals surface area contributed by atoms with E-state index in [-0.39, 0.29) is 5.78 Å². The highest BCUT2D eigenvalue weighted by Gasteiger charge is 2.14. The van der Waals surface area contributed by atoms with E-state index in [1.165, 1.54) is 0 Å². The molecule has 2 rings (SSSR count). The summed E-state index contributed by atoms with van der Waals surface area (Å²) in [6, 6.07) is 10.1. The number of carbonyl (C=O) groups excluding carboxylic acids is 1. The lowest BCUT2D eigenvalue weighted by Crippen LogP contribution is -2.05. The smallest absolute Gasteiger partial charge is 0.193 e. The number of nitrogens with zero attached hydrogens (tertiary/aromatic N) is 2. The van der Waals surface area contributed by atoms with Crippen LogP contribution in [0.4, 0.5) is 11.4 Å². The van der Waals surface area contributed by atoms with Crippen LogP contribution in [0.1, 0.15) is 27.0 Å². The standard InChI is InChI=1S/C17H12N2O/c1-11-9-13(18-3)5-7-15(11)17(20)16-8-6-14(19-4)10-12(16)2/h5-10H,1-2H3. The first-order chi connectivity index (χ1) is 9.56. The summed E-state index contributed by atoms with van der Waals surface area (Å²) in [6.45, 7) is 17.6. The third-order valence-electron chi connectivity index (χ3n) is 3.17. The maximum Gasteiger partial charge on any atom is 0.193 e. The van der Waals surface area contributed by atoms with Crippen LogP contribution >= 0.6 is 0 Å². The lowest BCUT2D eigenvalue weighted by molar-refractivity contribution is 0.103. The SMILES string of the molecule is [C-]#[N+]c1ccc(C(=O)c2ccc([N+]#[C-])cc2C)c(C)c1. The second kappa shape index (κ2) is 5.38. The molecule has 0 saturated carbocycles. The fraction of sp³-hybridized carbons (Fsp3) is 0.118. The van der Waals surface area contributed by atoms with Crippen LogP contribution in [0, 0.1) is 27.0 Å². The van der Waals surface area contributed by atoms with Gasteiger partial charge in [-0.15, -0.1) is 0 Å². The molecule has 96 valence electrons. The highest BCUT2D eigenvalue weighted by molar-refractivity contribution is 6.11. The van der Waals surface area contributed by atoms with Gasteiger partial charge in [0.05, 0.1) is 13.1 Å². The van der Waals surface area contributed by atoms with Gasteiger partial charge in [-0.3, -0.25) is 4.79 Å². The zero-order valence-electron chi connectivity index (χ0n) is 11.3. The minimum Gasteiger partial charge on any atom is -0.289 e. The Morgan fingerprint density at radius 3 is 1.55 bits per heavy atom. The van der Waals surface area contributed by atoms with Crippen LogP contribution in [0.2, 0.25) is 0 Å². The topological polar surface area (TPSA) is 25.8 Å². The highest BCUT2D eigenvalue weighted by atomic mass is 16.1. The molecule has 0 fully saturated rings. The first-order valence-corrected chi connectivity index (χ1v) is 6.07. The van der Waals surface area contributed by atoms with Gasteiger partial charge in [-0.1, -0.05) is 47.5 Å². The number of ketones is 1. The maximum atomic E-state index is 12.5. The molecule has 20 heavy (non-hydrogen) atoms. The molecule has 3 heteroatoms. The van der Waals surface area contributed by atoms with Gasteiger partial charge in [0.2, 0.25) is 0 Å². The van der Waals surface area contributed by atoms with E-state index in [9.17, 15) is 4.79 Å². The Labute approximate surface area is 118 Å². The lowest BCUT2D eigenvalue weighted by atomic mass is 9.95. The predicted molar refractivity (Wildman–Crippen MR) is 78.3 cm³/mol. The first kappa shape index (κ1) is 13.5. The van der Waals surface area contributed by atoms with Crippen molar-refractivity contribution in [1.82, 2.24) is 0 Å². The van der Waals surface area contributed by atoms with E-state index in [4.69, 9.17) is 13.1 Å². The molecule has 0 atom stereocenters. The average Bonchev–Trinajstić information content (AvgIpc) is 2.46. The lowest BCUT2D eigenvalue weighted by Gasteiger charge is -2.08. The summed E-state index contributed by atoms with van der Waals surface area (Å²) in [6.07, 6.45) is 0. The average molecular weight is 260 g/mol. The van der Waals surface area contributed by atoms with Crippen molar-refractivity contribution in [2.75, 3.05) is 0 Å². The van der Waals surface area contributed by atoms with E-state index in [1.807, 2.05) is 13.8 Å². The van der Waals surface area contributed by atoms with Crippen molar-refractivity contribution in [2.45, 2.75) is 13.8 Å². The number of hydrogen-bond donors (Lipinski definition) is 0. The van der Waals surface area contributed by atoms with Gasteiger partial charge in [-0.05, 0) is 13.8 Å². The molecular weight excluding hydrogens is 248 g/mol. The summed E-state index contributed by atoms with van der Waals surface area (Å²) in [5.41, 5.74) is 3.82. The van der Waals surface area contributed by atoms with E-state index in [0.29, 0.717) is 22.5 Å². The van der Waals surface area contributed by atoms with Gasteiger partial charge in [-0.2, -0.15) is 0 Å². The molecule has 0 radical (unpaired) electrons. The largest absolute Gasteiger partial charge is 0.289 e. The molecular formula is C17H12N2O. The van der Waals surface area contributed by atoms with E-state index in [2.05, 4.69) is 9.69 Å². The Kier molecular flexibility index (Phi) is 3.64. The summed E-state index contributed by atoms with van der Waals surface area (Å²) < 4.78 is 0. The molecule has 0 saturated heterocycles. The molecule has 2 aromatic rings. The Balaban J connectivity index is 2.47. The predicted octanol–water partition coefficient (Wildman–Crippen LogP) is 4.64. The fourth-order valence-electron chi connectivity index (χ4n) is 2.09. The Morgan fingerprint density at radius 2 is 1.25 bits per heavy atom. The van der Waals surface area contributed by atoms with E-state index in [0.717, 1.165) is 11.1 Å². The molecule has 0 aliphatic carbocycles. The van der Waals surface area contributed by atoms with Gasteiger partial charge >= 0.3 is 0 Å². The van der Waals surface area contributed by atoms with Gasteiger partial charge in [0.1, 0.15) is 0 Å². The molecule has 0 aliphatic heterocycles. The Hall–Kier alpha value is -2.91. The number of aryl methyl sites for hydroxylation is 2. The number of hydrogen-bond acceptors (Lipinski definition) is 1. The summed E-state index contributed by atoms with van der Waals surface area (Å²) >= 11 is 0. The summed E-state index contributed by atoms with van der Waals surface area (Å²) in [4.78, 5) is 19.2. The second-order valence-electron chi connectivity index (χ2n) is 4.55. The van der Waals surface area contributed by atoms with Crippen LogP contribution in [0.3, 0.4) is 0 Å². The van der Waals surface area contributed by atoms with Crippen molar-refractivity contribution in [2.24, 2.45) is 0 Å². The van der Waals surface area contributed by atoms with Gasteiger partial charge in [0.15, 0.2) is 17.2 Å². The molecule has 0 bridgehead atoms. The van der Waals surface area contributed by atoms with Crippen molar-refractivity contribution in [3.8, 4) is 0 Å².